The number of alkyl halides is 4. The molecule has 39 heavy (non-hydrogen) atoms. The number of aromatic amines is 1. The zero-order chi connectivity index (χ0) is 28.2. The lowest BCUT2D eigenvalue weighted by atomic mass is 9.92. The van der Waals surface area contributed by atoms with Crippen molar-refractivity contribution >= 4 is 40.3 Å². The molecule has 0 spiro atoms. The standard InChI is InChI=1S/C23H18F5N7O4/c1-8(31-9(2)36)16-19(25)18(23(26,27)28)17(11-4-30-34-20(11)16)13-6-35-7-14(32-15(35)5-29-13)33-22(38)39-21(37)10-3-12(10)24/h4-8,10,12H,3H2,1-2H3,(H,30,34)(H,31,36)(H,33,38). The molecule has 0 saturated heterocycles. The topological polar surface area (TPSA) is 143 Å². The average molecular weight is 551 g/mol. The number of hydrogen-bond donors (Lipinski definition) is 3. The number of carbonyl (C=O) groups is 3. The van der Waals surface area contributed by atoms with E-state index in [0.29, 0.717) is 0 Å². The fourth-order valence-corrected chi connectivity index (χ4v) is 4.28. The summed E-state index contributed by atoms with van der Waals surface area (Å²) in [6, 6.07) is -1.12. The smallest absolute Gasteiger partial charge is 0.376 e. The fourth-order valence-electron chi connectivity index (χ4n) is 4.28. The summed E-state index contributed by atoms with van der Waals surface area (Å²) in [4.78, 5) is 43.1. The molecular weight excluding hydrogens is 533 g/mol. The summed E-state index contributed by atoms with van der Waals surface area (Å²) in [6.07, 6.45) is -3.27. The van der Waals surface area contributed by atoms with Crippen LogP contribution >= 0.6 is 0 Å². The number of amides is 2. The molecule has 3 unspecified atom stereocenters. The highest BCUT2D eigenvalue weighted by Crippen LogP contribution is 2.45. The highest BCUT2D eigenvalue weighted by molar-refractivity contribution is 5.98. The van der Waals surface area contributed by atoms with E-state index in [0.717, 1.165) is 25.5 Å². The summed E-state index contributed by atoms with van der Waals surface area (Å²) < 4.78 is 77.1. The van der Waals surface area contributed by atoms with Gasteiger partial charge in [-0.1, -0.05) is 0 Å². The van der Waals surface area contributed by atoms with E-state index in [4.69, 9.17) is 0 Å². The lowest BCUT2D eigenvalue weighted by molar-refractivity contribution is -0.140. The summed E-state index contributed by atoms with van der Waals surface area (Å²) in [5, 5.41) is 10.7. The second kappa shape index (κ2) is 9.28. The third-order valence-corrected chi connectivity index (χ3v) is 6.06. The van der Waals surface area contributed by atoms with Gasteiger partial charge >= 0.3 is 18.2 Å². The summed E-state index contributed by atoms with van der Waals surface area (Å²) in [5.41, 5.74) is -2.93. The van der Waals surface area contributed by atoms with Crippen molar-refractivity contribution in [3.63, 3.8) is 0 Å². The third-order valence-electron chi connectivity index (χ3n) is 6.06. The van der Waals surface area contributed by atoms with Crippen LogP contribution in [0.15, 0.2) is 24.8 Å². The lowest BCUT2D eigenvalue weighted by Crippen LogP contribution is -2.26. The number of hydrogen-bond acceptors (Lipinski definition) is 7. The van der Waals surface area contributed by atoms with Crippen LogP contribution in [0.1, 0.15) is 37.4 Å². The van der Waals surface area contributed by atoms with Gasteiger partial charge in [0.25, 0.3) is 0 Å². The van der Waals surface area contributed by atoms with Gasteiger partial charge in [0.05, 0.1) is 41.8 Å². The molecule has 1 aromatic carbocycles. The summed E-state index contributed by atoms with van der Waals surface area (Å²) >= 11 is 0. The molecule has 3 aromatic heterocycles. The molecule has 3 heterocycles. The zero-order valence-electron chi connectivity index (χ0n) is 20.1. The van der Waals surface area contributed by atoms with Crippen LogP contribution < -0.4 is 10.6 Å². The number of nitrogens with one attached hydrogen (secondary N) is 3. The van der Waals surface area contributed by atoms with Gasteiger partial charge in [-0.05, 0) is 13.3 Å². The number of halogens is 5. The number of aromatic nitrogens is 5. The Morgan fingerprint density at radius 3 is 2.59 bits per heavy atom. The van der Waals surface area contributed by atoms with Crippen molar-refractivity contribution in [2.75, 3.05) is 5.32 Å². The van der Waals surface area contributed by atoms with Gasteiger partial charge in [0.15, 0.2) is 11.5 Å². The summed E-state index contributed by atoms with van der Waals surface area (Å²) in [6.45, 7) is 2.48. The third kappa shape index (κ3) is 4.84. The minimum Gasteiger partial charge on any atom is -0.376 e. The first-order valence-electron chi connectivity index (χ1n) is 11.4. The van der Waals surface area contributed by atoms with Gasteiger partial charge in [0.1, 0.15) is 17.6 Å². The molecule has 1 aliphatic carbocycles. The highest BCUT2D eigenvalue weighted by atomic mass is 19.4. The number of rotatable bonds is 5. The van der Waals surface area contributed by atoms with Gasteiger partial charge in [0.2, 0.25) is 5.91 Å². The Kier molecular flexibility index (Phi) is 6.19. The predicted molar refractivity (Wildman–Crippen MR) is 123 cm³/mol. The maximum atomic E-state index is 15.6. The Morgan fingerprint density at radius 1 is 1.23 bits per heavy atom. The number of ether oxygens (including phenoxy) is 1. The van der Waals surface area contributed by atoms with Gasteiger partial charge in [-0.3, -0.25) is 25.0 Å². The Hall–Kier alpha value is -4.63. The van der Waals surface area contributed by atoms with Crippen LogP contribution in [0.3, 0.4) is 0 Å². The number of fused-ring (bicyclic) bond motifs is 2. The first-order valence-corrected chi connectivity index (χ1v) is 11.4. The van der Waals surface area contributed by atoms with Crippen LogP contribution in [-0.2, 0) is 20.5 Å². The van der Waals surface area contributed by atoms with Crippen LogP contribution in [0.25, 0.3) is 27.8 Å². The molecule has 0 bridgehead atoms. The first-order chi connectivity index (χ1) is 18.3. The molecular formula is C23H18F5N7O4. The zero-order valence-corrected chi connectivity index (χ0v) is 20.1. The minimum absolute atomic E-state index is 0.0352. The number of imidazole rings is 1. The van der Waals surface area contributed by atoms with E-state index in [9.17, 15) is 31.9 Å². The van der Waals surface area contributed by atoms with E-state index in [1.807, 2.05) is 0 Å². The summed E-state index contributed by atoms with van der Waals surface area (Å²) in [7, 11) is 0. The maximum Gasteiger partial charge on any atom is 0.420 e. The van der Waals surface area contributed by atoms with Crippen molar-refractivity contribution in [3.05, 3.63) is 41.7 Å². The van der Waals surface area contributed by atoms with Crippen LogP contribution in [0.2, 0.25) is 0 Å². The fraction of sp³-hybridized carbons (Fsp3) is 0.304. The van der Waals surface area contributed by atoms with E-state index in [-0.39, 0.29) is 34.5 Å². The average Bonchev–Trinajstić information content (AvgIpc) is 3.20. The molecule has 0 aliphatic heterocycles. The summed E-state index contributed by atoms with van der Waals surface area (Å²) in [5.74, 6) is -4.36. The number of anilines is 1. The van der Waals surface area contributed by atoms with Crippen molar-refractivity contribution in [3.8, 4) is 11.3 Å². The van der Waals surface area contributed by atoms with Gasteiger partial charge in [-0.25, -0.2) is 18.6 Å². The van der Waals surface area contributed by atoms with Crippen LogP contribution in [0.5, 0.6) is 0 Å². The van der Waals surface area contributed by atoms with Crippen LogP contribution in [0.4, 0.5) is 32.6 Å². The second-order valence-corrected chi connectivity index (χ2v) is 8.91. The molecule has 2 amide bonds. The van der Waals surface area contributed by atoms with E-state index < -0.39 is 64.8 Å². The van der Waals surface area contributed by atoms with Crippen molar-refractivity contribution in [2.45, 2.75) is 38.7 Å². The van der Waals surface area contributed by atoms with Crippen molar-refractivity contribution < 1.29 is 41.1 Å². The SMILES string of the molecule is CC(=O)NC(C)c1c(F)c(C(F)(F)F)c(-c2cn3cc(NC(=O)OC(=O)C4CC4F)nc3cn2)c2cn[nH]c12. The molecule has 4 aromatic rings. The van der Waals surface area contributed by atoms with Crippen molar-refractivity contribution in [2.24, 2.45) is 5.92 Å². The Morgan fingerprint density at radius 2 is 1.95 bits per heavy atom. The molecule has 0 radical (unpaired) electrons. The predicted octanol–water partition coefficient (Wildman–Crippen LogP) is 4.06. The Balaban J connectivity index is 1.56. The van der Waals surface area contributed by atoms with E-state index >= 15 is 4.39 Å². The number of carbonyl (C=O) groups excluding carboxylic acids is 3. The lowest BCUT2D eigenvalue weighted by Gasteiger charge is -2.21. The first kappa shape index (κ1) is 26.0. The molecule has 5 rings (SSSR count). The maximum absolute atomic E-state index is 15.6. The van der Waals surface area contributed by atoms with Gasteiger partial charge < -0.3 is 14.5 Å². The molecule has 1 aliphatic rings. The van der Waals surface area contributed by atoms with Gasteiger partial charge in [-0.15, -0.1) is 0 Å². The highest BCUT2D eigenvalue weighted by Gasteiger charge is 2.46. The molecule has 3 N–H and O–H groups in total. The molecule has 1 fully saturated rings. The van der Waals surface area contributed by atoms with Crippen molar-refractivity contribution in [1.82, 2.24) is 29.9 Å². The number of esters is 1. The number of benzene rings is 1. The van der Waals surface area contributed by atoms with Crippen LogP contribution in [-0.4, -0.2) is 48.7 Å². The quantitative estimate of drug-likeness (QED) is 0.193. The van der Waals surface area contributed by atoms with Crippen molar-refractivity contribution in [1.29, 1.82) is 0 Å². The van der Waals surface area contributed by atoms with Gasteiger partial charge in [0, 0.05) is 29.6 Å². The van der Waals surface area contributed by atoms with Crippen LogP contribution in [0, 0.1) is 11.7 Å². The molecule has 16 heteroatoms. The molecule has 11 nitrogen and oxygen atoms in total. The minimum atomic E-state index is -5.16. The Bertz CT molecular complexity index is 1650. The monoisotopic (exact) mass is 551 g/mol. The second-order valence-electron chi connectivity index (χ2n) is 8.91. The van der Waals surface area contributed by atoms with E-state index in [1.54, 1.807) is 0 Å². The Labute approximate surface area is 214 Å². The number of H-pyrrole nitrogens is 1. The molecule has 1 saturated carbocycles. The normalized spacial score (nSPS) is 17.7. The molecule has 3 atom stereocenters. The van der Waals surface area contributed by atoms with Gasteiger partial charge in [-0.2, -0.15) is 18.3 Å². The van der Waals surface area contributed by atoms with E-state index in [2.05, 4.69) is 35.5 Å². The van der Waals surface area contributed by atoms with E-state index in [1.165, 1.54) is 17.5 Å². The largest absolute Gasteiger partial charge is 0.420 e. The molecule has 204 valence electrons. The number of nitrogens with zero attached hydrogens (tertiary/aromatic N) is 4.